The predicted molar refractivity (Wildman–Crippen MR) is 111 cm³/mol. The number of pyridine rings is 1. The first-order valence-corrected chi connectivity index (χ1v) is 10.1. The quantitative estimate of drug-likeness (QED) is 0.711. The zero-order chi connectivity index (χ0) is 19.3. The van der Waals surface area contributed by atoms with E-state index in [0.717, 1.165) is 17.9 Å². The van der Waals surface area contributed by atoms with Gasteiger partial charge in [0.1, 0.15) is 0 Å². The van der Waals surface area contributed by atoms with Crippen molar-refractivity contribution in [1.29, 1.82) is 0 Å². The predicted octanol–water partition coefficient (Wildman–Crippen LogP) is 2.31. The van der Waals surface area contributed by atoms with Crippen LogP contribution in [-0.4, -0.2) is 45.3 Å². The van der Waals surface area contributed by atoms with E-state index >= 15 is 0 Å². The largest absolute Gasteiger partial charge is 0.405 e. The molecule has 1 aliphatic carbocycles. The zero-order valence-electron chi connectivity index (χ0n) is 16.1. The number of H-pyrrole nitrogens is 1. The van der Waals surface area contributed by atoms with Crippen LogP contribution in [0.25, 0.3) is 6.08 Å². The molecule has 28 heavy (non-hydrogen) atoms. The number of likely N-dealkylation sites (tertiary alicyclic amines) is 1. The second-order valence-electron chi connectivity index (χ2n) is 7.75. The van der Waals surface area contributed by atoms with Crippen molar-refractivity contribution < 1.29 is 0 Å². The van der Waals surface area contributed by atoms with E-state index in [1.807, 2.05) is 12.1 Å². The Balaban J connectivity index is 1.29. The van der Waals surface area contributed by atoms with Gasteiger partial charge in [0.2, 0.25) is 0 Å². The van der Waals surface area contributed by atoms with Crippen molar-refractivity contribution in [3.63, 3.8) is 0 Å². The van der Waals surface area contributed by atoms with Gasteiger partial charge in [-0.15, -0.1) is 0 Å². The molecular weight excluding hydrogens is 352 g/mol. The van der Waals surface area contributed by atoms with Crippen molar-refractivity contribution in [2.24, 2.45) is 5.73 Å². The minimum absolute atomic E-state index is 0.173. The summed E-state index contributed by atoms with van der Waals surface area (Å²) in [5.74, 6) is 0.544. The summed E-state index contributed by atoms with van der Waals surface area (Å²) >= 11 is 0. The highest BCUT2D eigenvalue weighted by Gasteiger charge is 2.36. The van der Waals surface area contributed by atoms with Crippen molar-refractivity contribution >= 4 is 11.8 Å². The Kier molecular flexibility index (Phi) is 5.71. The summed E-state index contributed by atoms with van der Waals surface area (Å²) in [5, 5.41) is 9.60. The van der Waals surface area contributed by atoms with Gasteiger partial charge in [0.25, 0.3) is 5.56 Å². The molecule has 0 aromatic carbocycles. The lowest BCUT2D eigenvalue weighted by molar-refractivity contribution is 0.0282. The van der Waals surface area contributed by atoms with Crippen LogP contribution >= 0.6 is 0 Å². The number of anilines is 1. The van der Waals surface area contributed by atoms with Gasteiger partial charge < -0.3 is 11.1 Å². The van der Waals surface area contributed by atoms with Crippen molar-refractivity contribution in [1.82, 2.24) is 20.1 Å². The average Bonchev–Trinajstić information content (AvgIpc) is 2.68. The number of aromatic nitrogens is 3. The number of nitrogens with one attached hydrogen (secondary N) is 2. The normalized spacial score (nSPS) is 25.5. The van der Waals surface area contributed by atoms with Crippen LogP contribution in [0.2, 0.25) is 0 Å². The van der Waals surface area contributed by atoms with Gasteiger partial charge in [-0.25, -0.2) is 5.10 Å². The van der Waals surface area contributed by atoms with Crippen molar-refractivity contribution in [2.45, 2.75) is 50.1 Å². The fraction of sp³-hybridized carbons (Fsp3) is 0.476. The molecule has 0 radical (unpaired) electrons. The Morgan fingerprint density at radius 2 is 2.11 bits per heavy atom. The molecule has 2 aromatic heterocycles. The molecule has 1 aliphatic heterocycles. The van der Waals surface area contributed by atoms with Gasteiger partial charge in [-0.3, -0.25) is 14.7 Å². The number of rotatable bonds is 6. The van der Waals surface area contributed by atoms with Crippen molar-refractivity contribution in [3.8, 4) is 0 Å². The summed E-state index contributed by atoms with van der Waals surface area (Å²) in [6, 6.07) is 8.96. The third kappa shape index (κ3) is 4.25. The molecular formula is C21H28N6O. The lowest BCUT2D eigenvalue weighted by Gasteiger charge is -2.48. The highest BCUT2D eigenvalue weighted by Crippen LogP contribution is 2.37. The molecule has 1 saturated carbocycles. The van der Waals surface area contributed by atoms with E-state index < -0.39 is 0 Å². The van der Waals surface area contributed by atoms with E-state index in [1.165, 1.54) is 44.3 Å². The Hall–Kier alpha value is -2.67. The molecule has 1 unspecified atom stereocenters. The Morgan fingerprint density at radius 1 is 1.25 bits per heavy atom. The second kappa shape index (κ2) is 8.56. The fourth-order valence-electron chi connectivity index (χ4n) is 4.46. The number of aromatic amines is 1. The highest BCUT2D eigenvalue weighted by atomic mass is 16.1. The maximum absolute atomic E-state index is 11.4. The standard InChI is InChI=1S/C21H28N6O/c22-10-8-16-2-1-3-20(25-16)15-4-6-18(7-5-15)27-11-9-19(27)14-23-17-12-21(28)26-24-13-17/h1-3,8,10,12-13,15,18-19H,4-7,9,11,14,22H2,(H2,23,26,28)/b10-8-. The number of hydrogen-bond acceptors (Lipinski definition) is 6. The Bertz CT molecular complexity index is 871. The molecule has 1 saturated heterocycles. The van der Waals surface area contributed by atoms with Crippen molar-refractivity contribution in [3.05, 3.63) is 58.4 Å². The van der Waals surface area contributed by atoms with E-state index in [9.17, 15) is 4.79 Å². The van der Waals surface area contributed by atoms with E-state index in [1.54, 1.807) is 18.5 Å². The topological polar surface area (TPSA) is 99.9 Å². The number of hydrogen-bond donors (Lipinski definition) is 3. The molecule has 4 rings (SSSR count). The fourth-order valence-corrected chi connectivity index (χ4v) is 4.46. The molecule has 4 N–H and O–H groups in total. The SMILES string of the molecule is N/C=C\c1cccc(C2CCC(N3CCC3CNc3cn[nH]c(=O)c3)CC2)n1. The summed E-state index contributed by atoms with van der Waals surface area (Å²) < 4.78 is 0. The van der Waals surface area contributed by atoms with E-state index in [0.29, 0.717) is 18.0 Å². The summed E-state index contributed by atoms with van der Waals surface area (Å²) in [5.41, 5.74) is 8.24. The lowest BCUT2D eigenvalue weighted by Crippen LogP contribution is -2.56. The molecule has 7 heteroatoms. The third-order valence-electron chi connectivity index (χ3n) is 6.04. The van der Waals surface area contributed by atoms with Crippen LogP contribution in [-0.2, 0) is 0 Å². The van der Waals surface area contributed by atoms with Gasteiger partial charge in [-0.05, 0) is 56.5 Å². The van der Waals surface area contributed by atoms with Gasteiger partial charge in [0.15, 0.2) is 0 Å². The highest BCUT2D eigenvalue weighted by molar-refractivity contribution is 5.44. The van der Waals surface area contributed by atoms with E-state index in [2.05, 4.69) is 32.5 Å². The summed E-state index contributed by atoms with van der Waals surface area (Å²) in [4.78, 5) is 18.7. The molecule has 2 fully saturated rings. The van der Waals surface area contributed by atoms with Gasteiger partial charge in [0.05, 0.1) is 17.6 Å². The monoisotopic (exact) mass is 380 g/mol. The van der Waals surface area contributed by atoms with Crippen LogP contribution in [0.15, 0.2) is 41.5 Å². The van der Waals surface area contributed by atoms with Crippen molar-refractivity contribution in [2.75, 3.05) is 18.4 Å². The first-order valence-electron chi connectivity index (χ1n) is 10.1. The second-order valence-corrected chi connectivity index (χ2v) is 7.75. The average molecular weight is 380 g/mol. The summed E-state index contributed by atoms with van der Waals surface area (Å²) in [6.07, 6.45) is 11.1. The molecule has 7 nitrogen and oxygen atoms in total. The van der Waals surface area contributed by atoms with Crippen LogP contribution in [0.5, 0.6) is 0 Å². The first kappa shape index (κ1) is 18.7. The number of nitrogens with two attached hydrogens (primary N) is 1. The van der Waals surface area contributed by atoms with Crippen LogP contribution in [0.4, 0.5) is 5.69 Å². The minimum Gasteiger partial charge on any atom is -0.405 e. The zero-order valence-corrected chi connectivity index (χ0v) is 16.1. The molecule has 0 bridgehead atoms. The molecule has 1 atom stereocenters. The molecule has 0 amide bonds. The molecule has 0 spiro atoms. The maximum atomic E-state index is 11.4. The van der Waals surface area contributed by atoms with E-state index in [-0.39, 0.29) is 5.56 Å². The Labute approximate surface area is 165 Å². The molecule has 3 heterocycles. The van der Waals surface area contributed by atoms with Crippen LogP contribution in [0.1, 0.15) is 49.4 Å². The maximum Gasteiger partial charge on any atom is 0.266 e. The third-order valence-corrected chi connectivity index (χ3v) is 6.04. The molecule has 148 valence electrons. The summed E-state index contributed by atoms with van der Waals surface area (Å²) in [7, 11) is 0. The van der Waals surface area contributed by atoms with Crippen LogP contribution in [0, 0.1) is 0 Å². The molecule has 2 aromatic rings. The van der Waals surface area contributed by atoms with Gasteiger partial charge >= 0.3 is 0 Å². The first-order chi connectivity index (χ1) is 13.7. The smallest absolute Gasteiger partial charge is 0.266 e. The number of nitrogens with zero attached hydrogens (tertiary/aromatic N) is 3. The Morgan fingerprint density at radius 3 is 2.82 bits per heavy atom. The van der Waals surface area contributed by atoms with Gasteiger partial charge in [0, 0.05) is 42.9 Å². The lowest BCUT2D eigenvalue weighted by atomic mass is 9.81. The van der Waals surface area contributed by atoms with Crippen LogP contribution in [0.3, 0.4) is 0 Å². The van der Waals surface area contributed by atoms with Gasteiger partial charge in [-0.2, -0.15) is 5.10 Å². The summed E-state index contributed by atoms with van der Waals surface area (Å²) in [6.45, 7) is 2.03. The van der Waals surface area contributed by atoms with Gasteiger partial charge in [-0.1, -0.05) is 6.07 Å². The van der Waals surface area contributed by atoms with E-state index in [4.69, 9.17) is 10.7 Å². The van der Waals surface area contributed by atoms with Crippen LogP contribution < -0.4 is 16.6 Å². The molecule has 2 aliphatic rings. The minimum atomic E-state index is -0.173.